The summed E-state index contributed by atoms with van der Waals surface area (Å²) in [5.41, 5.74) is 0.573. The number of fused-ring (bicyclic) bond motifs is 2. The van der Waals surface area contributed by atoms with E-state index in [4.69, 9.17) is 4.74 Å². The third-order valence-electron chi connectivity index (χ3n) is 6.56. The van der Waals surface area contributed by atoms with Crippen molar-refractivity contribution < 1.29 is 19.1 Å². The Balaban J connectivity index is 1.40. The first-order valence-electron chi connectivity index (χ1n) is 11.7. The molecule has 3 amide bonds. The minimum absolute atomic E-state index is 0.0962. The van der Waals surface area contributed by atoms with Crippen LogP contribution >= 0.6 is 11.3 Å². The van der Waals surface area contributed by atoms with Crippen LogP contribution in [-0.2, 0) is 0 Å². The molecule has 5 rings (SSSR count). The van der Waals surface area contributed by atoms with Gasteiger partial charge in [-0.2, -0.15) is 0 Å². The van der Waals surface area contributed by atoms with Crippen molar-refractivity contribution in [2.75, 3.05) is 25.0 Å². The zero-order chi connectivity index (χ0) is 23.7. The number of hydrogen-bond donors (Lipinski definition) is 2. The van der Waals surface area contributed by atoms with Gasteiger partial charge in [-0.3, -0.25) is 14.9 Å². The predicted octanol–water partition coefficient (Wildman–Crippen LogP) is 5.07. The molecule has 0 saturated carbocycles. The van der Waals surface area contributed by atoms with E-state index in [0.29, 0.717) is 60.8 Å². The van der Waals surface area contributed by atoms with Crippen LogP contribution in [0.25, 0.3) is 10.1 Å². The molecular weight excluding hydrogens is 450 g/mol. The second-order valence-corrected chi connectivity index (χ2v) is 9.87. The molecule has 176 valence electrons. The fourth-order valence-electron chi connectivity index (χ4n) is 4.90. The number of carbonyl (C=O) groups is 3. The summed E-state index contributed by atoms with van der Waals surface area (Å²) in [6, 6.07) is 14.8. The number of likely N-dealkylation sites (tertiary alicyclic amines) is 1. The van der Waals surface area contributed by atoms with Gasteiger partial charge in [-0.05, 0) is 38.0 Å². The van der Waals surface area contributed by atoms with Crippen LogP contribution in [-0.4, -0.2) is 47.9 Å². The zero-order valence-electron chi connectivity index (χ0n) is 19.1. The van der Waals surface area contributed by atoms with Crippen LogP contribution < -0.4 is 15.4 Å². The quantitative estimate of drug-likeness (QED) is 0.551. The smallest absolute Gasteiger partial charge is 0.319 e. The number of nitrogens with one attached hydrogen (secondary N) is 2. The van der Waals surface area contributed by atoms with Crippen LogP contribution in [0.2, 0.25) is 0 Å². The van der Waals surface area contributed by atoms with Crippen LogP contribution in [0.1, 0.15) is 53.3 Å². The van der Waals surface area contributed by atoms with Gasteiger partial charge < -0.3 is 15.0 Å². The third kappa shape index (κ3) is 4.14. The molecule has 8 heteroatoms. The number of Topliss-reactive ketones (excluding diaryl/α,β-unsaturated/α-hetero) is 1. The predicted molar refractivity (Wildman–Crippen MR) is 133 cm³/mol. The Bertz CT molecular complexity index is 1270. The highest BCUT2D eigenvalue weighted by molar-refractivity contribution is 7.23. The van der Waals surface area contributed by atoms with Gasteiger partial charge in [0.25, 0.3) is 5.91 Å². The Kier molecular flexibility index (Phi) is 6.00. The Morgan fingerprint density at radius 3 is 2.74 bits per heavy atom. The molecule has 3 heterocycles. The van der Waals surface area contributed by atoms with E-state index in [1.54, 1.807) is 0 Å². The molecule has 1 spiro atoms. The van der Waals surface area contributed by atoms with Gasteiger partial charge in [-0.1, -0.05) is 30.3 Å². The second-order valence-electron chi connectivity index (χ2n) is 8.81. The lowest BCUT2D eigenvalue weighted by Gasteiger charge is -2.37. The number of ether oxygens (including phenoxy) is 1. The Morgan fingerprint density at radius 2 is 1.88 bits per heavy atom. The normalized spacial score (nSPS) is 19.9. The highest BCUT2D eigenvalue weighted by atomic mass is 32.1. The van der Waals surface area contributed by atoms with Crippen molar-refractivity contribution >= 4 is 44.1 Å². The maximum absolute atomic E-state index is 13.8. The number of rotatable bonds is 3. The Hall–Kier alpha value is -3.39. The van der Waals surface area contributed by atoms with Crippen LogP contribution in [0.4, 0.5) is 9.80 Å². The largest absolute Gasteiger partial charge is 0.486 e. The number of anilines is 1. The number of urea groups is 1. The molecule has 0 bridgehead atoms. The van der Waals surface area contributed by atoms with E-state index < -0.39 is 5.60 Å². The maximum atomic E-state index is 13.8. The molecule has 7 nitrogen and oxygen atoms in total. The number of thiophene rings is 1. The van der Waals surface area contributed by atoms with Crippen LogP contribution in [0, 0.1) is 0 Å². The molecule has 0 aliphatic carbocycles. The van der Waals surface area contributed by atoms with Crippen LogP contribution in [0.3, 0.4) is 0 Å². The molecule has 3 aromatic rings. The van der Waals surface area contributed by atoms with Crippen molar-refractivity contribution in [1.82, 2.24) is 10.2 Å². The number of amides is 3. The fourth-order valence-corrected chi connectivity index (χ4v) is 5.99. The van der Waals surface area contributed by atoms with Crippen molar-refractivity contribution in [3.63, 3.8) is 0 Å². The average molecular weight is 478 g/mol. The summed E-state index contributed by atoms with van der Waals surface area (Å²) >= 11 is 1.40. The van der Waals surface area contributed by atoms with E-state index in [2.05, 4.69) is 10.6 Å². The van der Waals surface area contributed by atoms with E-state index in [0.717, 1.165) is 16.5 Å². The van der Waals surface area contributed by atoms with Crippen molar-refractivity contribution in [2.45, 2.75) is 38.2 Å². The first-order chi connectivity index (χ1) is 16.5. The molecule has 2 aliphatic rings. The Labute approximate surface area is 202 Å². The van der Waals surface area contributed by atoms with Gasteiger partial charge in [0.1, 0.15) is 16.4 Å². The molecule has 1 aromatic heterocycles. The standard InChI is InChI=1S/C26H27N3O4S/c1-2-27-25(32)28-23-22(18-9-4-6-11-21(18)34-23)24(31)29-14-7-12-26(13-15-29)16-19(30)17-8-3-5-10-20(17)33-26/h3-6,8-11H,2,7,12-16H2,1H3,(H2,27,28,32). The van der Waals surface area contributed by atoms with Crippen molar-refractivity contribution in [3.8, 4) is 5.75 Å². The van der Waals surface area contributed by atoms with Gasteiger partial charge in [0.2, 0.25) is 0 Å². The first-order valence-corrected chi connectivity index (χ1v) is 12.5. The molecule has 2 aromatic carbocycles. The minimum atomic E-state index is -0.584. The lowest BCUT2D eigenvalue weighted by molar-refractivity contribution is 0.0300. The van der Waals surface area contributed by atoms with Crippen LogP contribution in [0.5, 0.6) is 5.75 Å². The molecule has 1 fully saturated rings. The van der Waals surface area contributed by atoms with E-state index in [1.165, 1.54) is 11.3 Å². The van der Waals surface area contributed by atoms with Gasteiger partial charge in [0, 0.05) is 36.1 Å². The van der Waals surface area contributed by atoms with E-state index in [9.17, 15) is 14.4 Å². The summed E-state index contributed by atoms with van der Waals surface area (Å²) < 4.78 is 7.33. The van der Waals surface area contributed by atoms with E-state index in [-0.39, 0.29) is 17.7 Å². The van der Waals surface area contributed by atoms with Gasteiger partial charge in [-0.15, -0.1) is 11.3 Å². The SMILES string of the molecule is CCNC(=O)Nc1sc2ccccc2c1C(=O)N1CCCC2(CC1)CC(=O)c1ccccc1O2. The second kappa shape index (κ2) is 9.10. The summed E-state index contributed by atoms with van der Waals surface area (Å²) in [5.74, 6) is 0.624. The van der Waals surface area contributed by atoms with Gasteiger partial charge >= 0.3 is 6.03 Å². The summed E-state index contributed by atoms with van der Waals surface area (Å²) in [7, 11) is 0. The minimum Gasteiger partial charge on any atom is -0.486 e. The number of nitrogens with zero attached hydrogens (tertiary/aromatic N) is 1. The monoisotopic (exact) mass is 477 g/mol. The lowest BCUT2D eigenvalue weighted by Crippen LogP contribution is -2.43. The highest BCUT2D eigenvalue weighted by Gasteiger charge is 2.42. The van der Waals surface area contributed by atoms with Gasteiger partial charge in [0.05, 0.1) is 17.5 Å². The maximum Gasteiger partial charge on any atom is 0.319 e. The number of para-hydroxylation sites is 1. The topological polar surface area (TPSA) is 87.7 Å². The van der Waals surface area contributed by atoms with Crippen molar-refractivity contribution in [2.24, 2.45) is 0 Å². The fraction of sp³-hybridized carbons (Fsp3) is 0.346. The summed E-state index contributed by atoms with van der Waals surface area (Å²) in [6.07, 6.45) is 2.37. The van der Waals surface area contributed by atoms with Crippen molar-refractivity contribution in [3.05, 3.63) is 59.7 Å². The third-order valence-corrected chi connectivity index (χ3v) is 7.64. The zero-order valence-corrected chi connectivity index (χ0v) is 19.9. The molecule has 0 radical (unpaired) electrons. The first kappa shape index (κ1) is 22.4. The van der Waals surface area contributed by atoms with E-state index >= 15 is 0 Å². The highest BCUT2D eigenvalue weighted by Crippen LogP contribution is 2.41. The molecule has 2 aliphatic heterocycles. The number of ketones is 1. The van der Waals surface area contributed by atoms with Gasteiger partial charge in [-0.25, -0.2) is 4.79 Å². The summed E-state index contributed by atoms with van der Waals surface area (Å²) in [5, 5.41) is 6.97. The summed E-state index contributed by atoms with van der Waals surface area (Å²) in [6.45, 7) is 3.40. The molecule has 1 saturated heterocycles. The van der Waals surface area contributed by atoms with Gasteiger partial charge in [0.15, 0.2) is 5.78 Å². The molecule has 34 heavy (non-hydrogen) atoms. The number of benzene rings is 2. The molecular formula is C26H27N3O4S. The molecule has 2 N–H and O–H groups in total. The molecule has 1 unspecified atom stereocenters. The number of carbonyl (C=O) groups excluding carboxylic acids is 3. The van der Waals surface area contributed by atoms with Crippen molar-refractivity contribution in [1.29, 1.82) is 0 Å². The Morgan fingerprint density at radius 1 is 1.09 bits per heavy atom. The number of hydrogen-bond acceptors (Lipinski definition) is 5. The molecule has 1 atom stereocenters. The van der Waals surface area contributed by atoms with Crippen LogP contribution in [0.15, 0.2) is 48.5 Å². The van der Waals surface area contributed by atoms with E-state index in [1.807, 2.05) is 60.4 Å². The lowest BCUT2D eigenvalue weighted by atomic mass is 9.84. The summed E-state index contributed by atoms with van der Waals surface area (Å²) in [4.78, 5) is 40.7. The average Bonchev–Trinajstić information content (AvgIpc) is 3.06.